The molecule has 0 aliphatic heterocycles. The van der Waals surface area contributed by atoms with Crippen molar-refractivity contribution >= 4 is 46.1 Å². The van der Waals surface area contributed by atoms with E-state index in [2.05, 4.69) is 20.9 Å². The highest BCUT2D eigenvalue weighted by Crippen LogP contribution is 2.19. The highest BCUT2D eigenvalue weighted by atomic mass is 35.5. The molecule has 1 aromatic heterocycles. The molecular formula is C20H19ClN4O4. The van der Waals surface area contributed by atoms with E-state index >= 15 is 0 Å². The van der Waals surface area contributed by atoms with E-state index in [1.807, 2.05) is 24.3 Å². The first kappa shape index (κ1) is 20.2. The molecule has 2 aromatic carbocycles. The van der Waals surface area contributed by atoms with E-state index in [4.69, 9.17) is 11.6 Å². The van der Waals surface area contributed by atoms with E-state index in [9.17, 15) is 19.5 Å². The molecule has 0 aliphatic rings. The predicted molar refractivity (Wildman–Crippen MR) is 110 cm³/mol. The number of amides is 3. The summed E-state index contributed by atoms with van der Waals surface area (Å²) in [6.07, 6.45) is 1.84. The SMILES string of the molecule is O=C(CNC(=O)Nc1ccc(Cl)cc1)N[C@@H](Cc1c[nH]c2ccccc12)C(=O)O. The Morgan fingerprint density at radius 1 is 1.07 bits per heavy atom. The number of hydrogen-bond donors (Lipinski definition) is 5. The van der Waals surface area contributed by atoms with Gasteiger partial charge in [-0.05, 0) is 35.9 Å². The summed E-state index contributed by atoms with van der Waals surface area (Å²) in [5.41, 5.74) is 2.18. The van der Waals surface area contributed by atoms with E-state index in [1.54, 1.807) is 30.5 Å². The van der Waals surface area contributed by atoms with Crippen molar-refractivity contribution in [1.82, 2.24) is 15.6 Å². The zero-order valence-electron chi connectivity index (χ0n) is 15.2. The number of nitrogens with one attached hydrogen (secondary N) is 4. The van der Waals surface area contributed by atoms with E-state index < -0.39 is 23.9 Å². The molecule has 0 bridgehead atoms. The normalized spacial score (nSPS) is 11.6. The molecular weight excluding hydrogens is 396 g/mol. The van der Waals surface area contributed by atoms with Gasteiger partial charge >= 0.3 is 12.0 Å². The molecule has 0 spiro atoms. The summed E-state index contributed by atoms with van der Waals surface area (Å²) in [4.78, 5) is 38.6. The van der Waals surface area contributed by atoms with Gasteiger partial charge in [-0.25, -0.2) is 9.59 Å². The number of carbonyl (C=O) groups excluding carboxylic acids is 2. The molecule has 5 N–H and O–H groups in total. The summed E-state index contributed by atoms with van der Waals surface area (Å²) in [5, 5.41) is 18.2. The molecule has 3 rings (SSSR count). The smallest absolute Gasteiger partial charge is 0.326 e. The number of anilines is 1. The molecule has 1 atom stereocenters. The third-order valence-electron chi connectivity index (χ3n) is 4.24. The Labute approximate surface area is 171 Å². The Morgan fingerprint density at radius 2 is 1.79 bits per heavy atom. The lowest BCUT2D eigenvalue weighted by atomic mass is 10.1. The molecule has 8 nitrogen and oxygen atoms in total. The van der Waals surface area contributed by atoms with Gasteiger partial charge in [0.1, 0.15) is 6.04 Å². The van der Waals surface area contributed by atoms with Gasteiger partial charge < -0.3 is 26.0 Å². The summed E-state index contributed by atoms with van der Waals surface area (Å²) in [6, 6.07) is 12.2. The molecule has 0 fully saturated rings. The second-order valence-electron chi connectivity index (χ2n) is 6.34. The lowest BCUT2D eigenvalue weighted by molar-refractivity contribution is -0.141. The highest BCUT2D eigenvalue weighted by Gasteiger charge is 2.22. The van der Waals surface area contributed by atoms with Crippen molar-refractivity contribution < 1.29 is 19.5 Å². The minimum atomic E-state index is -1.16. The van der Waals surface area contributed by atoms with Gasteiger partial charge in [0.2, 0.25) is 5.91 Å². The van der Waals surface area contributed by atoms with Crippen LogP contribution in [-0.4, -0.2) is 40.6 Å². The van der Waals surface area contributed by atoms with Gasteiger partial charge in [-0.3, -0.25) is 4.79 Å². The van der Waals surface area contributed by atoms with Crippen LogP contribution in [0.15, 0.2) is 54.7 Å². The molecule has 9 heteroatoms. The van der Waals surface area contributed by atoms with Gasteiger partial charge in [-0.2, -0.15) is 0 Å². The maximum Gasteiger partial charge on any atom is 0.326 e. The summed E-state index contributed by atoms with van der Waals surface area (Å²) in [6.45, 7) is -0.364. The van der Waals surface area contributed by atoms with Gasteiger partial charge in [-0.1, -0.05) is 29.8 Å². The summed E-state index contributed by atoms with van der Waals surface area (Å²) < 4.78 is 0. The van der Waals surface area contributed by atoms with Gasteiger partial charge in [0, 0.05) is 34.2 Å². The molecule has 0 unspecified atom stereocenters. The number of carbonyl (C=O) groups is 3. The second kappa shape index (κ2) is 9.11. The first-order chi connectivity index (χ1) is 13.9. The Morgan fingerprint density at radius 3 is 2.52 bits per heavy atom. The lowest BCUT2D eigenvalue weighted by Crippen LogP contribution is -2.47. The van der Waals surface area contributed by atoms with Crippen molar-refractivity contribution in [3.05, 3.63) is 65.3 Å². The number of halogens is 1. The van der Waals surface area contributed by atoms with Crippen LogP contribution in [0.5, 0.6) is 0 Å². The highest BCUT2D eigenvalue weighted by molar-refractivity contribution is 6.30. The Bertz CT molecular complexity index is 1030. The maximum absolute atomic E-state index is 12.1. The number of urea groups is 1. The van der Waals surface area contributed by atoms with Crippen LogP contribution in [0.3, 0.4) is 0 Å². The lowest BCUT2D eigenvalue weighted by Gasteiger charge is -2.15. The number of benzene rings is 2. The molecule has 3 aromatic rings. The molecule has 0 radical (unpaired) electrons. The number of aromatic nitrogens is 1. The number of para-hydroxylation sites is 1. The monoisotopic (exact) mass is 414 g/mol. The predicted octanol–water partition coefficient (Wildman–Crippen LogP) is 2.75. The number of hydrogen-bond acceptors (Lipinski definition) is 3. The van der Waals surface area contributed by atoms with Crippen molar-refractivity contribution in [2.24, 2.45) is 0 Å². The van der Waals surface area contributed by atoms with Crippen molar-refractivity contribution in [3.8, 4) is 0 Å². The first-order valence-electron chi connectivity index (χ1n) is 8.80. The summed E-state index contributed by atoms with van der Waals surface area (Å²) >= 11 is 5.78. The van der Waals surface area contributed by atoms with E-state index in [1.165, 1.54) is 0 Å². The minimum Gasteiger partial charge on any atom is -0.480 e. The van der Waals surface area contributed by atoms with Gasteiger partial charge in [-0.15, -0.1) is 0 Å². The Hall–Kier alpha value is -3.52. The first-order valence-corrected chi connectivity index (χ1v) is 9.18. The van der Waals surface area contributed by atoms with Gasteiger partial charge in [0.05, 0.1) is 6.54 Å². The van der Waals surface area contributed by atoms with Gasteiger partial charge in [0.15, 0.2) is 0 Å². The number of rotatable bonds is 7. The standard InChI is InChI=1S/C20H19ClN4O4/c21-13-5-7-14(8-6-13)24-20(29)23-11-18(26)25-17(19(27)28)9-12-10-22-16-4-2-1-3-15(12)16/h1-8,10,17,22H,9,11H2,(H,25,26)(H,27,28)(H2,23,24,29)/t17-/m0/s1. The number of carboxylic acid groups (broad SMARTS) is 1. The Balaban J connectivity index is 1.53. The molecule has 3 amide bonds. The van der Waals surface area contributed by atoms with E-state index in [0.717, 1.165) is 16.5 Å². The molecule has 0 saturated heterocycles. The third-order valence-corrected chi connectivity index (χ3v) is 4.50. The van der Waals surface area contributed by atoms with Crippen molar-refractivity contribution in [2.75, 3.05) is 11.9 Å². The Kier molecular flexibility index (Phi) is 6.36. The van der Waals surface area contributed by atoms with E-state index in [-0.39, 0.29) is 13.0 Å². The van der Waals surface area contributed by atoms with Crippen molar-refractivity contribution in [1.29, 1.82) is 0 Å². The largest absolute Gasteiger partial charge is 0.480 e. The summed E-state index contributed by atoms with van der Waals surface area (Å²) in [7, 11) is 0. The summed E-state index contributed by atoms with van der Waals surface area (Å²) in [5.74, 6) is -1.77. The zero-order valence-corrected chi connectivity index (χ0v) is 16.0. The third kappa shape index (κ3) is 5.49. The van der Waals surface area contributed by atoms with Crippen LogP contribution < -0.4 is 16.0 Å². The number of aromatic amines is 1. The fourth-order valence-corrected chi connectivity index (χ4v) is 2.96. The van der Waals surface area contributed by atoms with Crippen molar-refractivity contribution in [2.45, 2.75) is 12.5 Å². The molecule has 0 aliphatic carbocycles. The number of fused-ring (bicyclic) bond motifs is 1. The van der Waals surface area contributed by atoms with Crippen LogP contribution in [0, 0.1) is 0 Å². The maximum atomic E-state index is 12.1. The van der Waals surface area contributed by atoms with Crippen LogP contribution in [0.25, 0.3) is 10.9 Å². The average Bonchev–Trinajstić information content (AvgIpc) is 3.10. The van der Waals surface area contributed by atoms with Crippen LogP contribution in [0.4, 0.5) is 10.5 Å². The second-order valence-corrected chi connectivity index (χ2v) is 6.77. The average molecular weight is 415 g/mol. The fraction of sp³-hybridized carbons (Fsp3) is 0.150. The molecule has 0 saturated carbocycles. The fourth-order valence-electron chi connectivity index (χ4n) is 2.83. The van der Waals surface area contributed by atoms with Crippen molar-refractivity contribution in [3.63, 3.8) is 0 Å². The van der Waals surface area contributed by atoms with Crippen LogP contribution >= 0.6 is 11.6 Å². The molecule has 29 heavy (non-hydrogen) atoms. The number of carboxylic acids is 1. The zero-order chi connectivity index (χ0) is 20.8. The van der Waals surface area contributed by atoms with Crippen LogP contribution in [0.1, 0.15) is 5.56 Å². The topological polar surface area (TPSA) is 123 Å². The van der Waals surface area contributed by atoms with Crippen LogP contribution in [-0.2, 0) is 16.0 Å². The van der Waals surface area contributed by atoms with Gasteiger partial charge in [0.25, 0.3) is 0 Å². The number of aliphatic carboxylic acids is 1. The molecule has 1 heterocycles. The number of H-pyrrole nitrogens is 1. The minimum absolute atomic E-state index is 0.113. The quantitative estimate of drug-likeness (QED) is 0.408. The van der Waals surface area contributed by atoms with E-state index in [0.29, 0.717) is 10.7 Å². The van der Waals surface area contributed by atoms with Crippen LogP contribution in [0.2, 0.25) is 5.02 Å². The molecule has 150 valence electrons.